The topological polar surface area (TPSA) is 66.9 Å². The molecular weight excluding hydrogens is 498 g/mol. The lowest BCUT2D eigenvalue weighted by atomic mass is 9.86. The number of hydrogen-bond donors (Lipinski definition) is 2. The first-order chi connectivity index (χ1) is 19.3. The van der Waals surface area contributed by atoms with Crippen molar-refractivity contribution in [3.63, 3.8) is 0 Å². The van der Waals surface area contributed by atoms with Crippen molar-refractivity contribution in [2.24, 2.45) is 0 Å². The van der Waals surface area contributed by atoms with E-state index < -0.39 is 0 Å². The van der Waals surface area contributed by atoms with Crippen molar-refractivity contribution in [3.05, 3.63) is 113 Å². The quantitative estimate of drug-likeness (QED) is 0.297. The van der Waals surface area contributed by atoms with Gasteiger partial charge in [-0.25, -0.2) is 4.98 Å². The zero-order valence-corrected chi connectivity index (χ0v) is 23.7. The summed E-state index contributed by atoms with van der Waals surface area (Å²) >= 11 is 0. The van der Waals surface area contributed by atoms with Crippen LogP contribution in [0.1, 0.15) is 48.6 Å². The van der Waals surface area contributed by atoms with E-state index in [9.17, 15) is 5.11 Å². The monoisotopic (exact) mass is 537 g/mol. The van der Waals surface area contributed by atoms with E-state index in [0.29, 0.717) is 32.1 Å². The van der Waals surface area contributed by atoms with Crippen LogP contribution in [0.15, 0.2) is 85.1 Å². The van der Waals surface area contributed by atoms with Crippen molar-refractivity contribution >= 4 is 11.5 Å². The van der Waals surface area contributed by atoms with Crippen molar-refractivity contribution in [2.75, 3.05) is 31.7 Å². The third-order valence-electron chi connectivity index (χ3n) is 7.17. The molecule has 0 saturated carbocycles. The summed E-state index contributed by atoms with van der Waals surface area (Å²) in [5.74, 6) is 2.01. The van der Waals surface area contributed by atoms with Gasteiger partial charge in [0, 0.05) is 49.1 Å². The number of anilines is 2. The van der Waals surface area contributed by atoms with Crippen LogP contribution in [0.2, 0.25) is 0 Å². The van der Waals surface area contributed by atoms with Crippen molar-refractivity contribution in [1.82, 2.24) is 9.88 Å². The van der Waals surface area contributed by atoms with Crippen LogP contribution < -0.4 is 10.1 Å². The molecule has 2 N–H and O–H groups in total. The number of nitrogens with zero attached hydrogens (tertiary/aromatic N) is 2. The summed E-state index contributed by atoms with van der Waals surface area (Å²) in [4.78, 5) is 6.73. The molecule has 2 bridgehead atoms. The molecular formula is C34H39N3O3. The summed E-state index contributed by atoms with van der Waals surface area (Å²) in [6.45, 7) is 10.3. The smallest absolute Gasteiger partial charge is 0.130 e. The summed E-state index contributed by atoms with van der Waals surface area (Å²) in [6.07, 6.45) is 2.53. The van der Waals surface area contributed by atoms with E-state index in [1.54, 1.807) is 6.20 Å². The highest BCUT2D eigenvalue weighted by atomic mass is 16.5. The lowest BCUT2D eigenvalue weighted by molar-refractivity contribution is 0.0755. The second-order valence-corrected chi connectivity index (χ2v) is 11.4. The Labute approximate surface area is 237 Å². The van der Waals surface area contributed by atoms with Gasteiger partial charge in [0.15, 0.2) is 0 Å². The number of nitrogens with one attached hydrogen (secondary N) is 1. The Hall–Kier alpha value is -3.87. The molecule has 1 aliphatic heterocycles. The van der Waals surface area contributed by atoms with Crippen LogP contribution in [0.25, 0.3) is 0 Å². The fourth-order valence-corrected chi connectivity index (χ4v) is 4.98. The van der Waals surface area contributed by atoms with Crippen LogP contribution in [-0.2, 0) is 29.7 Å². The molecule has 5 rings (SSSR count). The molecule has 0 radical (unpaired) electrons. The normalized spacial score (nSPS) is 15.0. The lowest BCUT2D eigenvalue weighted by Gasteiger charge is -2.25. The van der Waals surface area contributed by atoms with Gasteiger partial charge in [-0.1, -0.05) is 63.2 Å². The Morgan fingerprint density at radius 3 is 2.60 bits per heavy atom. The number of benzene rings is 3. The molecule has 0 fully saturated rings. The highest BCUT2D eigenvalue weighted by Crippen LogP contribution is 2.30. The number of phenolic OH excluding ortho intramolecular Hbond substituents is 1. The lowest BCUT2D eigenvalue weighted by Crippen LogP contribution is -2.28. The van der Waals surface area contributed by atoms with E-state index in [2.05, 4.69) is 72.4 Å². The number of ether oxygens (including phenoxy) is 2. The number of aromatic hydroxyl groups is 1. The molecule has 208 valence electrons. The zero-order chi connectivity index (χ0) is 28.0. The summed E-state index contributed by atoms with van der Waals surface area (Å²) < 4.78 is 12.2. The summed E-state index contributed by atoms with van der Waals surface area (Å²) in [7, 11) is 0. The van der Waals surface area contributed by atoms with Crippen LogP contribution in [0, 0.1) is 0 Å². The van der Waals surface area contributed by atoms with Crippen molar-refractivity contribution in [3.8, 4) is 11.5 Å². The Morgan fingerprint density at radius 1 is 0.900 bits per heavy atom. The fourth-order valence-electron chi connectivity index (χ4n) is 4.98. The Bertz CT molecular complexity index is 1420. The van der Waals surface area contributed by atoms with Gasteiger partial charge in [0.1, 0.15) is 23.9 Å². The minimum atomic E-state index is 0.0156. The van der Waals surface area contributed by atoms with E-state index in [-0.39, 0.29) is 5.41 Å². The molecule has 1 aliphatic rings. The molecule has 3 aromatic carbocycles. The van der Waals surface area contributed by atoms with E-state index >= 15 is 0 Å². The first-order valence-corrected chi connectivity index (χ1v) is 14.0. The number of rotatable bonds is 4. The van der Waals surface area contributed by atoms with Crippen LogP contribution in [0.3, 0.4) is 0 Å². The maximum Gasteiger partial charge on any atom is 0.130 e. The van der Waals surface area contributed by atoms with E-state index in [0.717, 1.165) is 47.9 Å². The number of hydrogen-bond acceptors (Lipinski definition) is 6. The molecule has 6 nitrogen and oxygen atoms in total. The van der Waals surface area contributed by atoms with E-state index in [1.807, 2.05) is 42.5 Å². The van der Waals surface area contributed by atoms with Gasteiger partial charge in [-0.3, -0.25) is 4.90 Å². The SMILES string of the molecule is CC(C)(C)c1ccc(O)c(CN2CCOCCOc3ccc(Nc4ccccn4)cc3Cc3cccc(c3)C2)c1. The largest absolute Gasteiger partial charge is 0.508 e. The standard InChI is InChI=1S/C34H39N3O3/c1-34(2,3)29-10-12-31(38)28(21-29)24-37-15-16-39-17-18-40-32-13-11-30(36-33-9-4-5-14-35-33)22-27(32)20-25-7-6-8-26(19-25)23-37/h4-14,19,21-22,38H,15-18,20,23-24H2,1-3H3,(H,35,36). The third kappa shape index (κ3) is 7.40. The van der Waals surface area contributed by atoms with Crippen LogP contribution in [-0.4, -0.2) is 41.4 Å². The molecule has 0 saturated heterocycles. The highest BCUT2D eigenvalue weighted by Gasteiger charge is 2.18. The van der Waals surface area contributed by atoms with Gasteiger partial charge in [0.25, 0.3) is 0 Å². The number of phenols is 1. The summed E-state index contributed by atoms with van der Waals surface area (Å²) in [5, 5.41) is 14.1. The summed E-state index contributed by atoms with van der Waals surface area (Å²) in [6, 6.07) is 26.7. The summed E-state index contributed by atoms with van der Waals surface area (Å²) in [5.41, 5.74) is 6.70. The molecule has 0 unspecified atom stereocenters. The Kier molecular flexibility index (Phi) is 8.68. The van der Waals surface area contributed by atoms with Gasteiger partial charge in [-0.15, -0.1) is 0 Å². The molecule has 0 atom stereocenters. The number of aromatic nitrogens is 1. The molecule has 1 aromatic heterocycles. The molecule has 0 aliphatic carbocycles. The van der Waals surface area contributed by atoms with Gasteiger partial charge in [0.05, 0.1) is 13.2 Å². The van der Waals surface area contributed by atoms with Crippen LogP contribution >= 0.6 is 0 Å². The molecule has 4 aromatic rings. The minimum Gasteiger partial charge on any atom is -0.508 e. The first kappa shape index (κ1) is 27.7. The van der Waals surface area contributed by atoms with Gasteiger partial charge in [-0.05, 0) is 58.5 Å². The Balaban J connectivity index is 1.39. The number of pyridine rings is 1. The van der Waals surface area contributed by atoms with E-state index in [4.69, 9.17) is 9.47 Å². The third-order valence-corrected chi connectivity index (χ3v) is 7.17. The first-order valence-electron chi connectivity index (χ1n) is 14.0. The van der Waals surface area contributed by atoms with Crippen LogP contribution in [0.4, 0.5) is 11.5 Å². The second-order valence-electron chi connectivity index (χ2n) is 11.4. The van der Waals surface area contributed by atoms with Gasteiger partial charge in [-0.2, -0.15) is 0 Å². The molecule has 6 heteroatoms. The van der Waals surface area contributed by atoms with Crippen molar-refractivity contribution in [1.29, 1.82) is 0 Å². The fraction of sp³-hybridized carbons (Fsp3) is 0.324. The zero-order valence-electron chi connectivity index (χ0n) is 23.7. The van der Waals surface area contributed by atoms with Gasteiger partial charge in [0.2, 0.25) is 0 Å². The molecule has 2 heterocycles. The highest BCUT2D eigenvalue weighted by molar-refractivity contribution is 5.59. The van der Waals surface area contributed by atoms with E-state index in [1.165, 1.54) is 16.7 Å². The van der Waals surface area contributed by atoms with Crippen molar-refractivity contribution < 1.29 is 14.6 Å². The van der Waals surface area contributed by atoms with Gasteiger partial charge < -0.3 is 19.9 Å². The maximum absolute atomic E-state index is 10.7. The van der Waals surface area contributed by atoms with Crippen molar-refractivity contribution in [2.45, 2.75) is 45.7 Å². The predicted molar refractivity (Wildman–Crippen MR) is 160 cm³/mol. The molecule has 40 heavy (non-hydrogen) atoms. The number of fused-ring (bicyclic) bond motifs is 3. The minimum absolute atomic E-state index is 0.0156. The second kappa shape index (κ2) is 12.5. The molecule has 0 spiro atoms. The van der Waals surface area contributed by atoms with Crippen LogP contribution in [0.5, 0.6) is 11.5 Å². The average Bonchev–Trinajstić information content (AvgIpc) is 2.92. The van der Waals surface area contributed by atoms with Gasteiger partial charge >= 0.3 is 0 Å². The maximum atomic E-state index is 10.7. The predicted octanol–water partition coefficient (Wildman–Crippen LogP) is 6.83. The Morgan fingerprint density at radius 2 is 1.77 bits per heavy atom. The average molecular weight is 538 g/mol. The molecule has 0 amide bonds.